The second-order valence-electron chi connectivity index (χ2n) is 3.70. The Morgan fingerprint density at radius 2 is 2.00 bits per heavy atom. The lowest BCUT2D eigenvalue weighted by molar-refractivity contribution is 0.0689. The van der Waals surface area contributed by atoms with Crippen LogP contribution >= 0.6 is 0 Å². The average molecular weight is 244 g/mol. The van der Waals surface area contributed by atoms with Crippen molar-refractivity contribution in [2.45, 2.75) is 13.5 Å². The molecule has 1 N–H and O–H groups in total. The van der Waals surface area contributed by atoms with Crippen molar-refractivity contribution in [3.8, 4) is 5.75 Å². The quantitative estimate of drug-likeness (QED) is 0.891. The van der Waals surface area contributed by atoms with Crippen molar-refractivity contribution in [2.24, 2.45) is 0 Å². The van der Waals surface area contributed by atoms with Gasteiger partial charge in [0, 0.05) is 0 Å². The van der Waals surface area contributed by atoms with E-state index in [2.05, 4.69) is 9.97 Å². The molecule has 0 saturated carbocycles. The van der Waals surface area contributed by atoms with Crippen LogP contribution in [0.5, 0.6) is 5.75 Å². The highest BCUT2D eigenvalue weighted by Gasteiger charge is 2.08. The molecular formula is C13H12N2O3. The molecule has 0 bridgehead atoms. The Morgan fingerprint density at radius 1 is 1.28 bits per heavy atom. The van der Waals surface area contributed by atoms with Gasteiger partial charge < -0.3 is 9.84 Å². The minimum absolute atomic E-state index is 0.0193. The zero-order valence-electron chi connectivity index (χ0n) is 9.83. The summed E-state index contributed by atoms with van der Waals surface area (Å²) in [5.74, 6) is 0.0636. The van der Waals surface area contributed by atoms with Gasteiger partial charge >= 0.3 is 5.97 Å². The Hall–Kier alpha value is -2.43. The van der Waals surface area contributed by atoms with Crippen LogP contribution in [0, 0.1) is 6.92 Å². The fourth-order valence-electron chi connectivity index (χ4n) is 1.49. The smallest absolute Gasteiger partial charge is 0.354 e. The van der Waals surface area contributed by atoms with Gasteiger partial charge in [0.15, 0.2) is 5.69 Å². The summed E-state index contributed by atoms with van der Waals surface area (Å²) < 4.78 is 5.50. The lowest BCUT2D eigenvalue weighted by Gasteiger charge is -2.06. The molecule has 0 aliphatic carbocycles. The van der Waals surface area contributed by atoms with Crippen LogP contribution in [-0.2, 0) is 6.61 Å². The Bertz CT molecular complexity index is 555. The molecule has 0 spiro atoms. The third-order valence-electron chi connectivity index (χ3n) is 2.24. The molecule has 5 nitrogen and oxygen atoms in total. The van der Waals surface area contributed by atoms with Crippen molar-refractivity contribution in [1.29, 1.82) is 0 Å². The molecule has 0 aliphatic rings. The van der Waals surface area contributed by atoms with E-state index in [1.165, 1.54) is 6.07 Å². The monoisotopic (exact) mass is 244 g/mol. The summed E-state index contributed by atoms with van der Waals surface area (Å²) in [6.45, 7) is 1.87. The zero-order valence-corrected chi connectivity index (χ0v) is 9.83. The van der Waals surface area contributed by atoms with E-state index in [0.717, 1.165) is 0 Å². The van der Waals surface area contributed by atoms with Gasteiger partial charge in [-0.1, -0.05) is 18.2 Å². The van der Waals surface area contributed by atoms with Crippen molar-refractivity contribution in [3.05, 3.63) is 53.6 Å². The summed E-state index contributed by atoms with van der Waals surface area (Å²) >= 11 is 0. The van der Waals surface area contributed by atoms with Crippen molar-refractivity contribution < 1.29 is 14.6 Å². The highest BCUT2D eigenvalue weighted by molar-refractivity contribution is 5.85. The van der Waals surface area contributed by atoms with Crippen LogP contribution in [0.15, 0.2) is 36.4 Å². The minimum Gasteiger partial charge on any atom is -0.487 e. The number of benzene rings is 1. The van der Waals surface area contributed by atoms with Crippen LogP contribution < -0.4 is 4.74 Å². The number of para-hydroxylation sites is 1. The van der Waals surface area contributed by atoms with Gasteiger partial charge in [-0.05, 0) is 25.1 Å². The summed E-state index contributed by atoms with van der Waals surface area (Å²) in [6, 6.07) is 10.7. The maximum Gasteiger partial charge on any atom is 0.354 e. The normalized spacial score (nSPS) is 10.1. The van der Waals surface area contributed by atoms with E-state index in [9.17, 15) is 4.79 Å². The van der Waals surface area contributed by atoms with Crippen LogP contribution in [0.3, 0.4) is 0 Å². The summed E-state index contributed by atoms with van der Waals surface area (Å²) in [7, 11) is 0. The number of ether oxygens (including phenoxy) is 1. The van der Waals surface area contributed by atoms with Gasteiger partial charge in [-0.25, -0.2) is 14.8 Å². The van der Waals surface area contributed by atoms with E-state index < -0.39 is 5.97 Å². The molecule has 0 radical (unpaired) electrons. The molecule has 0 fully saturated rings. The summed E-state index contributed by atoms with van der Waals surface area (Å²) in [4.78, 5) is 18.8. The maximum absolute atomic E-state index is 10.8. The minimum atomic E-state index is -1.07. The highest BCUT2D eigenvalue weighted by atomic mass is 16.5. The second kappa shape index (κ2) is 5.27. The molecule has 1 aromatic heterocycles. The number of hydrogen-bond acceptors (Lipinski definition) is 4. The molecule has 92 valence electrons. The number of nitrogens with zero attached hydrogens (tertiary/aromatic N) is 2. The summed E-state index contributed by atoms with van der Waals surface area (Å²) in [6.07, 6.45) is 0. The van der Waals surface area contributed by atoms with E-state index in [-0.39, 0.29) is 12.3 Å². The van der Waals surface area contributed by atoms with E-state index in [1.807, 2.05) is 30.3 Å². The first-order valence-corrected chi connectivity index (χ1v) is 5.41. The number of carbonyl (C=O) groups is 1. The molecule has 5 heteroatoms. The number of aryl methyl sites for hydroxylation is 1. The number of carboxylic acids is 1. The molecule has 0 unspecified atom stereocenters. The zero-order chi connectivity index (χ0) is 13.0. The number of carboxylic acid groups (broad SMARTS) is 1. The van der Waals surface area contributed by atoms with Crippen molar-refractivity contribution in [2.75, 3.05) is 0 Å². The fourth-order valence-corrected chi connectivity index (χ4v) is 1.49. The molecule has 0 aliphatic heterocycles. The standard InChI is InChI=1S/C13H12N2O3/c1-9-14-10(7-12(15-9)13(16)17)8-18-11-5-3-2-4-6-11/h2-7H,8H2,1H3,(H,16,17). The van der Waals surface area contributed by atoms with Crippen LogP contribution in [0.1, 0.15) is 22.0 Å². The summed E-state index contributed by atoms with van der Waals surface area (Å²) in [5.41, 5.74) is 0.526. The van der Waals surface area contributed by atoms with Gasteiger partial charge in [-0.3, -0.25) is 0 Å². The molecule has 2 rings (SSSR count). The van der Waals surface area contributed by atoms with Crippen molar-refractivity contribution in [3.63, 3.8) is 0 Å². The van der Waals surface area contributed by atoms with E-state index in [0.29, 0.717) is 17.3 Å². The lowest BCUT2D eigenvalue weighted by atomic mass is 10.3. The van der Waals surface area contributed by atoms with Crippen molar-refractivity contribution in [1.82, 2.24) is 9.97 Å². The van der Waals surface area contributed by atoms with Gasteiger partial charge in [0.1, 0.15) is 18.2 Å². The summed E-state index contributed by atoms with van der Waals surface area (Å²) in [5, 5.41) is 8.89. The highest BCUT2D eigenvalue weighted by Crippen LogP contribution is 2.11. The van der Waals surface area contributed by atoms with Gasteiger partial charge in [0.05, 0.1) is 5.69 Å². The second-order valence-corrected chi connectivity index (χ2v) is 3.70. The van der Waals surface area contributed by atoms with Crippen LogP contribution in [-0.4, -0.2) is 21.0 Å². The molecule has 2 aromatic rings. The van der Waals surface area contributed by atoms with Gasteiger partial charge in [0.2, 0.25) is 0 Å². The van der Waals surface area contributed by atoms with Crippen LogP contribution in [0.4, 0.5) is 0 Å². The van der Waals surface area contributed by atoms with Crippen LogP contribution in [0.25, 0.3) is 0 Å². The number of hydrogen-bond donors (Lipinski definition) is 1. The first-order valence-electron chi connectivity index (χ1n) is 5.41. The number of aromatic carboxylic acids is 1. The molecule has 1 heterocycles. The maximum atomic E-state index is 10.8. The topological polar surface area (TPSA) is 72.3 Å². The van der Waals surface area contributed by atoms with Gasteiger partial charge in [-0.15, -0.1) is 0 Å². The number of aromatic nitrogens is 2. The van der Waals surface area contributed by atoms with Crippen molar-refractivity contribution >= 4 is 5.97 Å². The Balaban J connectivity index is 2.12. The SMILES string of the molecule is Cc1nc(COc2ccccc2)cc(C(=O)O)n1. The Kier molecular flexibility index (Phi) is 3.52. The van der Waals surface area contributed by atoms with Gasteiger partial charge in [0.25, 0.3) is 0 Å². The molecule has 18 heavy (non-hydrogen) atoms. The lowest BCUT2D eigenvalue weighted by Crippen LogP contribution is -2.07. The van der Waals surface area contributed by atoms with E-state index >= 15 is 0 Å². The third-order valence-corrected chi connectivity index (χ3v) is 2.24. The van der Waals surface area contributed by atoms with Gasteiger partial charge in [-0.2, -0.15) is 0 Å². The Labute approximate surface area is 104 Å². The third kappa shape index (κ3) is 3.04. The predicted octanol–water partition coefficient (Wildman–Crippen LogP) is 2.06. The molecule has 0 atom stereocenters. The van der Waals surface area contributed by atoms with E-state index in [1.54, 1.807) is 6.92 Å². The first-order chi connectivity index (χ1) is 8.65. The fraction of sp³-hybridized carbons (Fsp3) is 0.154. The first kappa shape index (κ1) is 12.0. The molecule has 0 amide bonds. The van der Waals surface area contributed by atoms with Crippen LogP contribution in [0.2, 0.25) is 0 Å². The molecule has 1 aromatic carbocycles. The average Bonchev–Trinajstić information content (AvgIpc) is 2.37. The Morgan fingerprint density at radius 3 is 2.67 bits per heavy atom. The molecular weight excluding hydrogens is 232 g/mol. The largest absolute Gasteiger partial charge is 0.487 e. The van der Waals surface area contributed by atoms with E-state index in [4.69, 9.17) is 9.84 Å². The number of rotatable bonds is 4. The predicted molar refractivity (Wildman–Crippen MR) is 64.5 cm³/mol. The molecule has 0 saturated heterocycles.